The largest absolute Gasteiger partial charge is 0.508 e. The van der Waals surface area contributed by atoms with Gasteiger partial charge in [0.2, 0.25) is 0 Å². The van der Waals surface area contributed by atoms with Crippen LogP contribution in [0.15, 0.2) is 48.5 Å². The molecule has 0 radical (unpaired) electrons. The Hall–Kier alpha value is -3.71. The van der Waals surface area contributed by atoms with Crippen LogP contribution in [0.1, 0.15) is 69.8 Å². The molecule has 0 amide bonds. The molecule has 0 bridgehead atoms. The molecule has 0 saturated carbocycles. The monoisotopic (exact) mass is 501 g/mol. The van der Waals surface area contributed by atoms with Crippen molar-refractivity contribution in [1.29, 1.82) is 0 Å². The number of aromatic hydroxyl groups is 1. The average molecular weight is 502 g/mol. The van der Waals surface area contributed by atoms with Crippen LogP contribution in [0.4, 0.5) is 0 Å². The predicted octanol–water partition coefficient (Wildman–Crippen LogP) is 5.41. The molecule has 1 aliphatic heterocycles. The van der Waals surface area contributed by atoms with Gasteiger partial charge in [0, 0.05) is 36.3 Å². The van der Waals surface area contributed by atoms with Gasteiger partial charge in [-0.15, -0.1) is 0 Å². The van der Waals surface area contributed by atoms with Crippen LogP contribution in [0, 0.1) is 6.92 Å². The van der Waals surface area contributed by atoms with Crippen molar-refractivity contribution >= 4 is 11.8 Å². The van der Waals surface area contributed by atoms with Gasteiger partial charge in [0.05, 0.1) is 37.3 Å². The fourth-order valence-corrected chi connectivity index (χ4v) is 5.45. The Labute approximate surface area is 216 Å². The Morgan fingerprint density at radius 2 is 1.84 bits per heavy atom. The SMILES string of the molecule is COc1ccccc1[C@H]1CC(=O)c2c(nc(C)c(C(=O)OC3(C)CCOCC3)c2-c2cccc(O)c2)C1. The predicted molar refractivity (Wildman–Crippen MR) is 138 cm³/mol. The number of fused-ring (bicyclic) bond motifs is 1. The van der Waals surface area contributed by atoms with Crippen molar-refractivity contribution in [3.05, 3.63) is 76.6 Å². The summed E-state index contributed by atoms with van der Waals surface area (Å²) in [6, 6.07) is 14.3. The smallest absolute Gasteiger partial charge is 0.341 e. The second-order valence-corrected chi connectivity index (χ2v) is 10.0. The first-order valence-corrected chi connectivity index (χ1v) is 12.6. The third-order valence-electron chi connectivity index (χ3n) is 7.41. The number of hydrogen-bond acceptors (Lipinski definition) is 7. The molecule has 2 aromatic carbocycles. The number of esters is 1. The second-order valence-electron chi connectivity index (χ2n) is 10.0. The van der Waals surface area contributed by atoms with Gasteiger partial charge in [0.25, 0.3) is 0 Å². The summed E-state index contributed by atoms with van der Waals surface area (Å²) >= 11 is 0. The normalized spacial score (nSPS) is 18.7. The number of ketones is 1. The van der Waals surface area contributed by atoms with Gasteiger partial charge in [-0.3, -0.25) is 9.78 Å². The molecule has 7 heteroatoms. The van der Waals surface area contributed by atoms with E-state index in [4.69, 9.17) is 19.2 Å². The number of methoxy groups -OCH3 is 1. The van der Waals surface area contributed by atoms with Crippen LogP contribution in [0.25, 0.3) is 11.1 Å². The number of benzene rings is 2. The summed E-state index contributed by atoms with van der Waals surface area (Å²) in [7, 11) is 1.62. The van der Waals surface area contributed by atoms with E-state index >= 15 is 0 Å². The maximum absolute atomic E-state index is 13.8. The highest BCUT2D eigenvalue weighted by Gasteiger charge is 2.37. The number of carbonyl (C=O) groups is 2. The summed E-state index contributed by atoms with van der Waals surface area (Å²) in [6.45, 7) is 4.72. The lowest BCUT2D eigenvalue weighted by Crippen LogP contribution is -2.38. The van der Waals surface area contributed by atoms with E-state index in [1.807, 2.05) is 31.2 Å². The Kier molecular flexibility index (Phi) is 6.73. The molecule has 2 aliphatic rings. The standard InChI is InChI=1S/C30H31NO6/c1-18-26(29(34)37-30(2)11-13-36-14-12-30)27(19-7-6-8-21(32)15-19)28-23(31-18)16-20(17-24(28)33)22-9-4-5-10-25(22)35-3/h4-10,15,20,32H,11-14,16-17H2,1-3H3/t20-/m1/s1. The number of phenolic OH excluding ortho intramolecular Hbond substituents is 1. The van der Waals surface area contributed by atoms with Gasteiger partial charge in [-0.05, 0) is 49.6 Å². The summed E-state index contributed by atoms with van der Waals surface area (Å²) in [5.41, 5.74) is 3.17. The van der Waals surface area contributed by atoms with Gasteiger partial charge in [-0.2, -0.15) is 0 Å². The van der Waals surface area contributed by atoms with Crippen molar-refractivity contribution in [3.8, 4) is 22.6 Å². The molecule has 7 nitrogen and oxygen atoms in total. The average Bonchev–Trinajstić information content (AvgIpc) is 2.87. The Bertz CT molecular complexity index is 1360. The minimum absolute atomic E-state index is 0.0478. The Morgan fingerprint density at radius 3 is 2.57 bits per heavy atom. The number of para-hydroxylation sites is 1. The first-order valence-electron chi connectivity index (χ1n) is 12.6. The van der Waals surface area contributed by atoms with E-state index in [1.165, 1.54) is 0 Å². The molecule has 3 aromatic rings. The second kappa shape index (κ2) is 9.98. The van der Waals surface area contributed by atoms with E-state index in [0.717, 1.165) is 11.3 Å². The molecule has 37 heavy (non-hydrogen) atoms. The van der Waals surface area contributed by atoms with Gasteiger partial charge in [-0.25, -0.2) is 4.79 Å². The topological polar surface area (TPSA) is 95.0 Å². The van der Waals surface area contributed by atoms with Gasteiger partial charge in [0.1, 0.15) is 17.1 Å². The number of carbonyl (C=O) groups excluding carboxylic acids is 2. The summed E-state index contributed by atoms with van der Waals surface area (Å²) < 4.78 is 17.0. The van der Waals surface area contributed by atoms with Crippen LogP contribution in [0.3, 0.4) is 0 Å². The van der Waals surface area contributed by atoms with Crippen LogP contribution < -0.4 is 4.74 Å². The lowest BCUT2D eigenvalue weighted by atomic mass is 9.77. The minimum atomic E-state index is -0.660. The van der Waals surface area contributed by atoms with Gasteiger partial charge >= 0.3 is 5.97 Å². The van der Waals surface area contributed by atoms with Crippen LogP contribution >= 0.6 is 0 Å². The highest BCUT2D eigenvalue weighted by molar-refractivity contribution is 6.10. The van der Waals surface area contributed by atoms with E-state index in [0.29, 0.717) is 60.6 Å². The molecule has 1 saturated heterocycles. The van der Waals surface area contributed by atoms with Crippen LogP contribution in [-0.2, 0) is 15.9 Å². The molecular weight excluding hydrogens is 470 g/mol. The van der Waals surface area contributed by atoms with Crippen molar-refractivity contribution < 1.29 is 28.9 Å². The van der Waals surface area contributed by atoms with Crippen LogP contribution in [0.2, 0.25) is 0 Å². The number of aryl methyl sites for hydroxylation is 1. The molecule has 1 atom stereocenters. The molecule has 5 rings (SSSR count). The fourth-order valence-electron chi connectivity index (χ4n) is 5.45. The lowest BCUT2D eigenvalue weighted by molar-refractivity contribution is -0.0691. The molecule has 192 valence electrons. The number of hydrogen-bond donors (Lipinski definition) is 1. The molecule has 0 spiro atoms. The van der Waals surface area contributed by atoms with Crippen LogP contribution in [-0.4, -0.2) is 47.8 Å². The van der Waals surface area contributed by atoms with Crippen molar-refractivity contribution in [3.63, 3.8) is 0 Å². The summed E-state index contributed by atoms with van der Waals surface area (Å²) in [5.74, 6) is 0.0636. The number of rotatable bonds is 5. The van der Waals surface area contributed by atoms with E-state index in [9.17, 15) is 14.7 Å². The van der Waals surface area contributed by atoms with Gasteiger partial charge in [-0.1, -0.05) is 30.3 Å². The Morgan fingerprint density at radius 1 is 1.08 bits per heavy atom. The van der Waals surface area contributed by atoms with Gasteiger partial charge in [0.15, 0.2) is 5.78 Å². The van der Waals surface area contributed by atoms with Crippen LogP contribution in [0.5, 0.6) is 11.5 Å². The zero-order valence-electron chi connectivity index (χ0n) is 21.4. The summed E-state index contributed by atoms with van der Waals surface area (Å²) in [4.78, 5) is 32.3. The fraction of sp³-hybridized carbons (Fsp3) is 0.367. The molecule has 1 aromatic heterocycles. The Balaban J connectivity index is 1.64. The van der Waals surface area contributed by atoms with E-state index in [1.54, 1.807) is 38.3 Å². The zero-order chi connectivity index (χ0) is 26.2. The van der Waals surface area contributed by atoms with E-state index in [-0.39, 0.29) is 29.4 Å². The molecule has 1 N–H and O–H groups in total. The van der Waals surface area contributed by atoms with E-state index < -0.39 is 11.6 Å². The van der Waals surface area contributed by atoms with Crippen molar-refractivity contribution in [1.82, 2.24) is 4.98 Å². The minimum Gasteiger partial charge on any atom is -0.508 e. The summed E-state index contributed by atoms with van der Waals surface area (Å²) in [5, 5.41) is 10.2. The van der Waals surface area contributed by atoms with Gasteiger partial charge < -0.3 is 19.3 Å². The maximum Gasteiger partial charge on any atom is 0.341 e. The van der Waals surface area contributed by atoms with Crippen molar-refractivity contribution in [2.45, 2.75) is 51.0 Å². The maximum atomic E-state index is 13.8. The lowest BCUT2D eigenvalue weighted by Gasteiger charge is -2.34. The molecule has 0 unspecified atom stereocenters. The number of pyridine rings is 1. The summed E-state index contributed by atoms with van der Waals surface area (Å²) in [6.07, 6.45) is 1.97. The van der Waals surface area contributed by atoms with E-state index in [2.05, 4.69) is 0 Å². The molecule has 1 aliphatic carbocycles. The first-order chi connectivity index (χ1) is 17.8. The third kappa shape index (κ3) is 4.83. The number of phenols is 1. The highest BCUT2D eigenvalue weighted by atomic mass is 16.6. The highest BCUT2D eigenvalue weighted by Crippen LogP contribution is 2.42. The molecule has 2 heterocycles. The first kappa shape index (κ1) is 25.0. The number of ether oxygens (including phenoxy) is 3. The number of nitrogens with zero attached hydrogens (tertiary/aromatic N) is 1. The quantitative estimate of drug-likeness (QED) is 0.467. The zero-order valence-corrected chi connectivity index (χ0v) is 21.4. The van der Waals surface area contributed by atoms with Crippen molar-refractivity contribution in [2.75, 3.05) is 20.3 Å². The number of aromatic nitrogens is 1. The molecule has 1 fully saturated rings. The molecular formula is C30H31NO6. The number of Topliss-reactive ketones (excluding diaryl/α,β-unsaturated/α-hetero) is 1. The third-order valence-corrected chi connectivity index (χ3v) is 7.41. The van der Waals surface area contributed by atoms with Crippen molar-refractivity contribution in [2.24, 2.45) is 0 Å².